The molecule has 3 rings (SSSR count). The second-order valence-corrected chi connectivity index (χ2v) is 7.26. The second kappa shape index (κ2) is 8.57. The first-order valence-corrected chi connectivity index (χ1v) is 9.37. The molecular formula is C21H24O9. The number of Topliss-reactive ketones (excluding diaryl/α,β-unsaturated/α-hetero) is 1. The van der Waals surface area contributed by atoms with Crippen LogP contribution in [0.2, 0.25) is 0 Å². The second-order valence-electron chi connectivity index (χ2n) is 7.26. The molecule has 0 radical (unpaired) electrons. The lowest BCUT2D eigenvalue weighted by Gasteiger charge is -2.40. The summed E-state index contributed by atoms with van der Waals surface area (Å²) < 4.78 is 16.1. The van der Waals surface area contributed by atoms with Gasteiger partial charge < -0.3 is 34.6 Å². The molecule has 30 heavy (non-hydrogen) atoms. The first-order valence-electron chi connectivity index (χ1n) is 9.37. The molecule has 1 heterocycles. The number of aryl methyl sites for hydroxylation is 1. The Labute approximate surface area is 172 Å². The van der Waals surface area contributed by atoms with Crippen molar-refractivity contribution in [3.63, 3.8) is 0 Å². The molecule has 5 atom stereocenters. The average molecular weight is 420 g/mol. The molecule has 0 saturated carbocycles. The Balaban J connectivity index is 1.97. The van der Waals surface area contributed by atoms with Gasteiger partial charge in [-0.3, -0.25) is 9.59 Å². The first-order chi connectivity index (χ1) is 14.1. The molecule has 5 unspecified atom stereocenters. The largest absolute Gasteiger partial charge is 0.506 e. The Bertz CT molecular complexity index is 971. The smallest absolute Gasteiger partial charge is 0.302 e. The lowest BCUT2D eigenvalue weighted by Crippen LogP contribution is -2.60. The molecule has 1 saturated heterocycles. The lowest BCUT2D eigenvalue weighted by atomic mass is 9.97. The van der Waals surface area contributed by atoms with Crippen LogP contribution >= 0.6 is 0 Å². The highest BCUT2D eigenvalue weighted by atomic mass is 16.7. The van der Waals surface area contributed by atoms with Crippen LogP contribution in [0.3, 0.4) is 0 Å². The topological polar surface area (TPSA) is 143 Å². The van der Waals surface area contributed by atoms with Crippen molar-refractivity contribution in [1.29, 1.82) is 0 Å². The van der Waals surface area contributed by atoms with Crippen LogP contribution in [-0.4, -0.2) is 69.5 Å². The molecule has 9 heteroatoms. The van der Waals surface area contributed by atoms with Gasteiger partial charge >= 0.3 is 5.97 Å². The summed E-state index contributed by atoms with van der Waals surface area (Å²) in [7, 11) is 0. The quantitative estimate of drug-likeness (QED) is 0.408. The number of phenolic OH excluding ortho intramolecular Hbond substituents is 1. The predicted octanol–water partition coefficient (Wildman–Crippen LogP) is 0.806. The number of rotatable bonds is 5. The number of ether oxygens (including phenoxy) is 3. The number of hydrogen-bond donors (Lipinski definition) is 4. The number of esters is 1. The third-order valence-electron chi connectivity index (χ3n) is 5.01. The molecule has 162 valence electrons. The molecule has 1 aliphatic rings. The van der Waals surface area contributed by atoms with E-state index in [9.17, 15) is 30.0 Å². The zero-order valence-corrected chi connectivity index (χ0v) is 16.7. The zero-order chi connectivity index (χ0) is 22.2. The summed E-state index contributed by atoms with van der Waals surface area (Å²) in [6.45, 7) is 3.87. The average Bonchev–Trinajstić information content (AvgIpc) is 2.66. The number of carbonyl (C=O) groups is 2. The molecule has 0 aliphatic carbocycles. The van der Waals surface area contributed by atoms with Gasteiger partial charge in [0.2, 0.25) is 6.29 Å². The van der Waals surface area contributed by atoms with Crippen LogP contribution in [0, 0.1) is 6.92 Å². The van der Waals surface area contributed by atoms with Gasteiger partial charge in [0.1, 0.15) is 42.5 Å². The maximum Gasteiger partial charge on any atom is 0.302 e. The van der Waals surface area contributed by atoms with E-state index in [0.29, 0.717) is 10.9 Å². The highest BCUT2D eigenvalue weighted by Crippen LogP contribution is 2.39. The van der Waals surface area contributed by atoms with Crippen molar-refractivity contribution < 1.29 is 44.2 Å². The number of phenols is 1. The molecular weight excluding hydrogens is 396 g/mol. The molecule has 1 fully saturated rings. The molecule has 9 nitrogen and oxygen atoms in total. The van der Waals surface area contributed by atoms with Gasteiger partial charge in [-0.1, -0.05) is 18.2 Å². The van der Waals surface area contributed by atoms with Crippen molar-refractivity contribution in [2.24, 2.45) is 0 Å². The fraction of sp³-hybridized carbons (Fsp3) is 0.429. The maximum absolute atomic E-state index is 12.0. The van der Waals surface area contributed by atoms with Crippen molar-refractivity contribution in [1.82, 2.24) is 0 Å². The Morgan fingerprint density at radius 3 is 2.43 bits per heavy atom. The van der Waals surface area contributed by atoms with E-state index in [1.54, 1.807) is 25.1 Å². The highest BCUT2D eigenvalue weighted by molar-refractivity contribution is 6.06. The van der Waals surface area contributed by atoms with Gasteiger partial charge in [0, 0.05) is 6.92 Å². The van der Waals surface area contributed by atoms with E-state index in [-0.39, 0.29) is 34.8 Å². The van der Waals surface area contributed by atoms with Crippen LogP contribution in [0.5, 0.6) is 11.5 Å². The summed E-state index contributed by atoms with van der Waals surface area (Å²) in [5, 5.41) is 42.1. The van der Waals surface area contributed by atoms with Crippen molar-refractivity contribution in [2.45, 2.75) is 51.5 Å². The third-order valence-corrected chi connectivity index (χ3v) is 5.01. The Morgan fingerprint density at radius 2 is 1.80 bits per heavy atom. The van der Waals surface area contributed by atoms with Gasteiger partial charge in [-0.25, -0.2) is 0 Å². The maximum atomic E-state index is 12.0. The minimum atomic E-state index is -1.62. The van der Waals surface area contributed by atoms with E-state index < -0.39 is 36.7 Å². The van der Waals surface area contributed by atoms with E-state index in [4.69, 9.17) is 14.2 Å². The van der Waals surface area contributed by atoms with Gasteiger partial charge in [0.05, 0.1) is 10.9 Å². The molecule has 2 aromatic rings. The number of aliphatic hydroxyl groups is 3. The van der Waals surface area contributed by atoms with E-state index in [1.807, 2.05) is 0 Å². The van der Waals surface area contributed by atoms with E-state index >= 15 is 0 Å². The molecule has 4 N–H and O–H groups in total. The number of carbonyl (C=O) groups excluding carboxylic acids is 2. The molecule has 2 aromatic carbocycles. The molecule has 0 amide bonds. The monoisotopic (exact) mass is 420 g/mol. The van der Waals surface area contributed by atoms with Crippen LogP contribution in [-0.2, 0) is 14.3 Å². The van der Waals surface area contributed by atoms with Gasteiger partial charge in [0.15, 0.2) is 5.78 Å². The standard InChI is InChI=1S/C21H24O9/c1-9-7-12-5-4-6-13(16(12)18(25)15(9)10(2)22)29-21-20(27)19(26)17(24)14(30-21)8-28-11(3)23/h4-7,14,17,19-21,24-27H,8H2,1-3H3. The van der Waals surface area contributed by atoms with Crippen molar-refractivity contribution in [3.8, 4) is 11.5 Å². The Morgan fingerprint density at radius 1 is 1.10 bits per heavy atom. The van der Waals surface area contributed by atoms with Gasteiger partial charge in [0.25, 0.3) is 0 Å². The van der Waals surface area contributed by atoms with Crippen LogP contribution in [0.25, 0.3) is 10.8 Å². The summed E-state index contributed by atoms with van der Waals surface area (Å²) in [5.41, 5.74) is 0.741. The van der Waals surface area contributed by atoms with E-state index in [0.717, 1.165) is 0 Å². The normalized spacial score (nSPS) is 26.4. The molecule has 0 bridgehead atoms. The van der Waals surface area contributed by atoms with Crippen LogP contribution in [0.1, 0.15) is 29.8 Å². The fourth-order valence-electron chi connectivity index (χ4n) is 3.56. The summed E-state index contributed by atoms with van der Waals surface area (Å²) in [5.74, 6) is -1.09. The minimum Gasteiger partial charge on any atom is -0.506 e. The summed E-state index contributed by atoms with van der Waals surface area (Å²) >= 11 is 0. The fourth-order valence-corrected chi connectivity index (χ4v) is 3.56. The zero-order valence-electron chi connectivity index (χ0n) is 16.7. The summed E-state index contributed by atoms with van der Waals surface area (Å²) in [6, 6.07) is 6.61. The Hall–Kier alpha value is -2.72. The van der Waals surface area contributed by atoms with E-state index in [1.165, 1.54) is 19.9 Å². The van der Waals surface area contributed by atoms with Crippen LogP contribution in [0.15, 0.2) is 24.3 Å². The molecule has 0 spiro atoms. The number of ketones is 1. The number of hydrogen-bond acceptors (Lipinski definition) is 9. The van der Waals surface area contributed by atoms with Crippen molar-refractivity contribution >= 4 is 22.5 Å². The SMILES string of the molecule is CC(=O)OCC1OC(Oc2cccc3cc(C)c(C(C)=O)c(O)c23)C(O)C(O)C1O. The van der Waals surface area contributed by atoms with Gasteiger partial charge in [-0.15, -0.1) is 0 Å². The van der Waals surface area contributed by atoms with Gasteiger partial charge in [-0.2, -0.15) is 0 Å². The highest BCUT2D eigenvalue weighted by Gasteiger charge is 2.45. The summed E-state index contributed by atoms with van der Waals surface area (Å²) in [6.07, 6.45) is -7.33. The van der Waals surface area contributed by atoms with Crippen LogP contribution < -0.4 is 4.74 Å². The summed E-state index contributed by atoms with van der Waals surface area (Å²) in [4.78, 5) is 23.0. The number of aliphatic hydroxyl groups excluding tert-OH is 3. The first kappa shape index (κ1) is 22.0. The van der Waals surface area contributed by atoms with Gasteiger partial charge in [-0.05, 0) is 30.9 Å². The van der Waals surface area contributed by atoms with Crippen molar-refractivity contribution in [2.75, 3.05) is 6.61 Å². The molecule has 1 aliphatic heterocycles. The lowest BCUT2D eigenvalue weighted by molar-refractivity contribution is -0.278. The minimum absolute atomic E-state index is 0.103. The Kier molecular flexibility index (Phi) is 6.27. The van der Waals surface area contributed by atoms with Crippen LogP contribution in [0.4, 0.5) is 0 Å². The number of fused-ring (bicyclic) bond motifs is 1. The van der Waals surface area contributed by atoms with Crippen molar-refractivity contribution in [3.05, 3.63) is 35.4 Å². The van der Waals surface area contributed by atoms with E-state index in [2.05, 4.69) is 0 Å². The molecule has 0 aromatic heterocycles. The number of aromatic hydroxyl groups is 1. The predicted molar refractivity (Wildman–Crippen MR) is 104 cm³/mol. The third kappa shape index (κ3) is 4.10. The number of benzene rings is 2.